The molecule has 34 heavy (non-hydrogen) atoms. The molecule has 2 N–H and O–H groups in total. The number of nitrogens with one attached hydrogen (secondary N) is 2. The van der Waals surface area contributed by atoms with Crippen molar-refractivity contribution in [1.82, 2.24) is 20.6 Å². The van der Waals surface area contributed by atoms with Crippen molar-refractivity contribution in [2.24, 2.45) is 0 Å². The molecule has 2 aromatic carbocycles. The molecule has 2 aromatic heterocycles. The van der Waals surface area contributed by atoms with E-state index < -0.39 is 0 Å². The van der Waals surface area contributed by atoms with Crippen LogP contribution in [0.5, 0.6) is 5.75 Å². The molecule has 2 fully saturated rings. The fourth-order valence-electron chi connectivity index (χ4n) is 5.21. The van der Waals surface area contributed by atoms with Crippen LogP contribution in [0.3, 0.4) is 0 Å². The first-order valence-corrected chi connectivity index (χ1v) is 12.8. The smallest absolute Gasteiger partial charge is 0.270 e. The number of aromatic amines is 1. The molecule has 0 aliphatic heterocycles. The van der Waals surface area contributed by atoms with Crippen molar-refractivity contribution >= 4 is 33.3 Å². The molecule has 2 heterocycles. The van der Waals surface area contributed by atoms with E-state index in [0.717, 1.165) is 27.0 Å². The molecule has 2 aliphatic carbocycles. The standard InChI is InChI=1S/C26H27N5O2S/c1-33-21-14-22-20(13-19(21)17-9-10-17)23(24(34-22)25(32)27-26-28-30-31-29-26)18-11-7-16(8-12-18)15-5-3-2-4-6-15/h7-8,11-15,17H,2-6,9-10H2,1H3,(H2,27,28,29,30,31,32). The van der Waals surface area contributed by atoms with Gasteiger partial charge in [0.05, 0.1) is 7.11 Å². The average Bonchev–Trinajstić information content (AvgIpc) is 3.47. The van der Waals surface area contributed by atoms with Crippen molar-refractivity contribution in [2.75, 3.05) is 12.4 Å². The van der Waals surface area contributed by atoms with Gasteiger partial charge in [-0.3, -0.25) is 10.1 Å². The molecule has 0 bridgehead atoms. The first kappa shape index (κ1) is 21.3. The maximum absolute atomic E-state index is 13.3. The normalized spacial score (nSPS) is 16.6. The van der Waals surface area contributed by atoms with E-state index >= 15 is 0 Å². The number of carbonyl (C=O) groups excluding carboxylic acids is 1. The number of ether oxygens (including phenoxy) is 1. The topological polar surface area (TPSA) is 92.8 Å². The number of nitrogens with zero attached hydrogens (tertiary/aromatic N) is 3. The third-order valence-electron chi connectivity index (χ3n) is 7.11. The number of amides is 1. The van der Waals surface area contributed by atoms with Gasteiger partial charge in [-0.05, 0) is 71.6 Å². The van der Waals surface area contributed by atoms with Crippen molar-refractivity contribution in [2.45, 2.75) is 56.8 Å². The molecule has 8 heteroatoms. The van der Waals surface area contributed by atoms with Crippen LogP contribution in [0.15, 0.2) is 36.4 Å². The Hall–Kier alpha value is -3.26. The quantitative estimate of drug-likeness (QED) is 0.344. The highest BCUT2D eigenvalue weighted by molar-refractivity contribution is 7.21. The van der Waals surface area contributed by atoms with Gasteiger partial charge < -0.3 is 4.74 Å². The van der Waals surface area contributed by atoms with Gasteiger partial charge in [0.2, 0.25) is 0 Å². The molecule has 2 saturated carbocycles. The summed E-state index contributed by atoms with van der Waals surface area (Å²) in [5.41, 5.74) is 4.65. The Morgan fingerprint density at radius 2 is 1.85 bits per heavy atom. The zero-order valence-electron chi connectivity index (χ0n) is 19.1. The summed E-state index contributed by atoms with van der Waals surface area (Å²) in [6.07, 6.45) is 8.88. The molecule has 0 atom stereocenters. The van der Waals surface area contributed by atoms with Crippen LogP contribution in [0.1, 0.15) is 77.6 Å². The van der Waals surface area contributed by atoms with E-state index in [4.69, 9.17) is 4.74 Å². The minimum Gasteiger partial charge on any atom is -0.496 e. The van der Waals surface area contributed by atoms with Crippen molar-refractivity contribution in [1.29, 1.82) is 0 Å². The minimum absolute atomic E-state index is 0.164. The summed E-state index contributed by atoms with van der Waals surface area (Å²) in [6, 6.07) is 13.2. The number of hydrogen-bond donors (Lipinski definition) is 2. The Balaban J connectivity index is 1.45. The Morgan fingerprint density at radius 3 is 2.53 bits per heavy atom. The summed E-state index contributed by atoms with van der Waals surface area (Å²) in [6.45, 7) is 0. The lowest BCUT2D eigenvalue weighted by Gasteiger charge is -2.22. The molecule has 0 spiro atoms. The van der Waals surface area contributed by atoms with Crippen molar-refractivity contribution in [3.8, 4) is 16.9 Å². The molecule has 0 radical (unpaired) electrons. The van der Waals surface area contributed by atoms with E-state index in [2.05, 4.69) is 62.3 Å². The fourth-order valence-corrected chi connectivity index (χ4v) is 6.34. The summed E-state index contributed by atoms with van der Waals surface area (Å²) in [7, 11) is 1.72. The second kappa shape index (κ2) is 8.83. The monoisotopic (exact) mass is 473 g/mol. The van der Waals surface area contributed by atoms with Crippen LogP contribution >= 0.6 is 11.3 Å². The summed E-state index contributed by atoms with van der Waals surface area (Å²) in [4.78, 5) is 14.0. The maximum atomic E-state index is 13.3. The van der Waals surface area contributed by atoms with Gasteiger partial charge in [-0.2, -0.15) is 5.21 Å². The highest BCUT2D eigenvalue weighted by Gasteiger charge is 2.29. The number of carbonyl (C=O) groups is 1. The lowest BCUT2D eigenvalue weighted by molar-refractivity contribution is 0.103. The van der Waals surface area contributed by atoms with Crippen LogP contribution in [-0.2, 0) is 0 Å². The summed E-state index contributed by atoms with van der Waals surface area (Å²) >= 11 is 1.47. The molecular formula is C26H27N5O2S. The number of tetrazole rings is 1. The molecule has 1 amide bonds. The number of fused-ring (bicyclic) bond motifs is 1. The zero-order chi connectivity index (χ0) is 23.1. The summed E-state index contributed by atoms with van der Waals surface area (Å²) < 4.78 is 6.75. The number of rotatable bonds is 6. The highest BCUT2D eigenvalue weighted by atomic mass is 32.1. The van der Waals surface area contributed by atoms with E-state index in [0.29, 0.717) is 16.7 Å². The average molecular weight is 474 g/mol. The van der Waals surface area contributed by atoms with Crippen LogP contribution in [0.25, 0.3) is 21.2 Å². The molecule has 0 unspecified atom stereocenters. The predicted octanol–water partition coefficient (Wildman–Crippen LogP) is 6.27. The third-order valence-corrected chi connectivity index (χ3v) is 8.26. The largest absolute Gasteiger partial charge is 0.496 e. The van der Waals surface area contributed by atoms with Gasteiger partial charge in [0.15, 0.2) is 0 Å². The number of hydrogen-bond acceptors (Lipinski definition) is 6. The molecule has 4 aromatic rings. The van der Waals surface area contributed by atoms with E-state index in [1.807, 2.05) is 0 Å². The SMILES string of the molecule is COc1cc2sc(C(=O)Nc3nn[nH]n3)c(-c3ccc(C4CCCCC4)cc3)c2cc1C1CC1. The van der Waals surface area contributed by atoms with Gasteiger partial charge in [-0.15, -0.1) is 16.4 Å². The first-order valence-electron chi connectivity index (χ1n) is 12.0. The maximum Gasteiger partial charge on any atom is 0.270 e. The second-order valence-electron chi connectivity index (χ2n) is 9.32. The van der Waals surface area contributed by atoms with Gasteiger partial charge in [-0.1, -0.05) is 48.6 Å². The Labute approximate surface area is 201 Å². The van der Waals surface area contributed by atoms with Crippen LogP contribution in [0.2, 0.25) is 0 Å². The van der Waals surface area contributed by atoms with Crippen LogP contribution < -0.4 is 10.1 Å². The van der Waals surface area contributed by atoms with Crippen LogP contribution in [0, 0.1) is 0 Å². The van der Waals surface area contributed by atoms with Crippen LogP contribution in [0.4, 0.5) is 5.95 Å². The van der Waals surface area contributed by atoms with Gasteiger partial charge >= 0.3 is 0 Å². The molecule has 0 saturated heterocycles. The Kier molecular flexibility index (Phi) is 5.53. The van der Waals surface area contributed by atoms with E-state index in [-0.39, 0.29) is 11.9 Å². The van der Waals surface area contributed by atoms with Crippen molar-refractivity contribution < 1.29 is 9.53 Å². The van der Waals surface area contributed by atoms with E-state index in [1.54, 1.807) is 7.11 Å². The molecular weight excluding hydrogens is 446 g/mol. The zero-order valence-corrected chi connectivity index (χ0v) is 20.0. The van der Waals surface area contributed by atoms with Crippen LogP contribution in [-0.4, -0.2) is 33.6 Å². The molecule has 6 rings (SSSR count). The summed E-state index contributed by atoms with van der Waals surface area (Å²) in [5.74, 6) is 2.02. The molecule has 2 aliphatic rings. The molecule has 174 valence electrons. The Bertz CT molecular complexity index is 1320. The highest BCUT2D eigenvalue weighted by Crippen LogP contribution is 2.49. The van der Waals surface area contributed by atoms with Gasteiger partial charge in [0.1, 0.15) is 10.6 Å². The number of anilines is 1. The number of methoxy groups -OCH3 is 1. The molecule has 7 nitrogen and oxygen atoms in total. The second-order valence-corrected chi connectivity index (χ2v) is 10.4. The number of benzene rings is 2. The van der Waals surface area contributed by atoms with Crippen molar-refractivity contribution in [3.63, 3.8) is 0 Å². The van der Waals surface area contributed by atoms with E-state index in [9.17, 15) is 4.79 Å². The Morgan fingerprint density at radius 1 is 1.06 bits per heavy atom. The van der Waals surface area contributed by atoms with E-state index in [1.165, 1.54) is 67.4 Å². The number of thiophene rings is 1. The first-order chi connectivity index (χ1) is 16.7. The van der Waals surface area contributed by atoms with Crippen molar-refractivity contribution in [3.05, 3.63) is 52.4 Å². The van der Waals surface area contributed by atoms with Gasteiger partial charge in [0, 0.05) is 15.6 Å². The lowest BCUT2D eigenvalue weighted by atomic mass is 9.83. The number of H-pyrrole nitrogens is 1. The summed E-state index contributed by atoms with van der Waals surface area (Å²) in [5, 5.41) is 17.6. The fraction of sp³-hybridized carbons (Fsp3) is 0.385. The third kappa shape index (κ3) is 3.96. The number of aromatic nitrogens is 4. The predicted molar refractivity (Wildman–Crippen MR) is 134 cm³/mol. The van der Waals surface area contributed by atoms with Gasteiger partial charge in [0.25, 0.3) is 11.9 Å². The lowest BCUT2D eigenvalue weighted by Crippen LogP contribution is -2.12. The van der Waals surface area contributed by atoms with Gasteiger partial charge in [-0.25, -0.2) is 0 Å². The minimum atomic E-state index is -0.235.